The van der Waals surface area contributed by atoms with E-state index >= 15 is 0 Å². The molecule has 0 amide bonds. The van der Waals surface area contributed by atoms with Gasteiger partial charge in [0.2, 0.25) is 10.0 Å². The van der Waals surface area contributed by atoms with Crippen LogP contribution in [-0.2, 0) is 10.0 Å². The lowest BCUT2D eigenvalue weighted by molar-refractivity contribution is 0.296. The van der Waals surface area contributed by atoms with Gasteiger partial charge in [0.15, 0.2) is 0 Å². The number of aromatic nitrogens is 1. The van der Waals surface area contributed by atoms with E-state index in [1.54, 1.807) is 31.6 Å². The molecular weight excluding hydrogens is 416 g/mol. The SMILES string of the molecule is CN(CCCOc1ccccc1)S(=O)(=O)c1cccc2cncc(Br)c12. The van der Waals surface area contributed by atoms with Gasteiger partial charge in [-0.05, 0) is 40.5 Å². The first-order chi connectivity index (χ1) is 12.5. The Bertz CT molecular complexity index is 989. The zero-order chi connectivity index (χ0) is 18.6. The molecule has 26 heavy (non-hydrogen) atoms. The van der Waals surface area contributed by atoms with Gasteiger partial charge in [-0.1, -0.05) is 30.3 Å². The summed E-state index contributed by atoms with van der Waals surface area (Å²) in [5.41, 5.74) is 0. The van der Waals surface area contributed by atoms with Crippen molar-refractivity contribution in [3.8, 4) is 5.75 Å². The molecule has 3 aromatic rings. The normalized spacial score (nSPS) is 11.8. The number of rotatable bonds is 7. The Balaban J connectivity index is 1.72. The van der Waals surface area contributed by atoms with Gasteiger partial charge >= 0.3 is 0 Å². The highest BCUT2D eigenvalue weighted by Gasteiger charge is 2.23. The third-order valence-electron chi connectivity index (χ3n) is 4.02. The van der Waals surface area contributed by atoms with Crippen LogP contribution in [-0.4, -0.2) is 37.9 Å². The summed E-state index contributed by atoms with van der Waals surface area (Å²) in [5, 5.41) is 1.43. The molecule has 0 atom stereocenters. The van der Waals surface area contributed by atoms with Gasteiger partial charge in [0.05, 0.1) is 11.5 Å². The van der Waals surface area contributed by atoms with E-state index in [0.29, 0.717) is 29.4 Å². The maximum Gasteiger partial charge on any atom is 0.243 e. The molecule has 1 heterocycles. The number of pyridine rings is 1. The molecule has 5 nitrogen and oxygen atoms in total. The molecule has 2 aromatic carbocycles. The predicted octanol–water partition coefficient (Wildman–Crippen LogP) is 4.09. The van der Waals surface area contributed by atoms with E-state index in [2.05, 4.69) is 20.9 Å². The average Bonchev–Trinajstić information content (AvgIpc) is 2.65. The average molecular weight is 435 g/mol. The number of para-hydroxylation sites is 1. The fourth-order valence-electron chi connectivity index (χ4n) is 2.66. The molecule has 0 fully saturated rings. The minimum Gasteiger partial charge on any atom is -0.494 e. The number of halogens is 1. The van der Waals surface area contributed by atoms with Gasteiger partial charge in [-0.2, -0.15) is 0 Å². The number of benzene rings is 2. The summed E-state index contributed by atoms with van der Waals surface area (Å²) in [6.07, 6.45) is 3.86. The third-order valence-corrected chi connectivity index (χ3v) is 6.52. The van der Waals surface area contributed by atoms with E-state index in [4.69, 9.17) is 4.74 Å². The van der Waals surface area contributed by atoms with Crippen LogP contribution >= 0.6 is 15.9 Å². The molecule has 0 unspecified atom stereocenters. The second-order valence-corrected chi connectivity index (χ2v) is 8.68. The molecule has 0 radical (unpaired) electrons. The highest BCUT2D eigenvalue weighted by molar-refractivity contribution is 9.10. The first-order valence-corrected chi connectivity index (χ1v) is 10.4. The molecule has 0 aliphatic carbocycles. The van der Waals surface area contributed by atoms with Crippen molar-refractivity contribution >= 4 is 36.7 Å². The number of hydrogen-bond acceptors (Lipinski definition) is 4. The van der Waals surface area contributed by atoms with Gasteiger partial charge in [-0.3, -0.25) is 4.98 Å². The van der Waals surface area contributed by atoms with Crippen LogP contribution in [0.2, 0.25) is 0 Å². The maximum atomic E-state index is 13.0. The van der Waals surface area contributed by atoms with E-state index in [-0.39, 0.29) is 4.90 Å². The first kappa shape index (κ1) is 18.8. The van der Waals surface area contributed by atoms with Crippen molar-refractivity contribution < 1.29 is 13.2 Å². The summed E-state index contributed by atoms with van der Waals surface area (Å²) in [4.78, 5) is 4.37. The second kappa shape index (κ2) is 8.16. The lowest BCUT2D eigenvalue weighted by atomic mass is 10.2. The maximum absolute atomic E-state index is 13.0. The molecule has 0 saturated carbocycles. The summed E-state index contributed by atoms with van der Waals surface area (Å²) in [6.45, 7) is 0.821. The standard InChI is InChI=1S/C19H19BrN2O3S/c1-22(11-6-12-25-16-8-3-2-4-9-16)26(23,24)18-10-5-7-15-13-21-14-17(20)19(15)18/h2-5,7-10,13-14H,6,11-12H2,1H3. The Morgan fingerprint density at radius 2 is 1.85 bits per heavy atom. The Morgan fingerprint density at radius 1 is 1.08 bits per heavy atom. The van der Waals surface area contributed by atoms with E-state index in [0.717, 1.165) is 11.1 Å². The van der Waals surface area contributed by atoms with Gasteiger partial charge in [0.25, 0.3) is 0 Å². The Kier molecular flexibility index (Phi) is 5.90. The van der Waals surface area contributed by atoms with Gasteiger partial charge < -0.3 is 4.74 Å². The predicted molar refractivity (Wildman–Crippen MR) is 106 cm³/mol. The molecule has 0 aliphatic rings. The van der Waals surface area contributed by atoms with E-state index in [1.165, 1.54) is 4.31 Å². The minimum atomic E-state index is -3.61. The Morgan fingerprint density at radius 3 is 2.62 bits per heavy atom. The smallest absolute Gasteiger partial charge is 0.243 e. The summed E-state index contributed by atoms with van der Waals surface area (Å²) < 4.78 is 33.7. The molecule has 3 rings (SSSR count). The molecule has 136 valence electrons. The first-order valence-electron chi connectivity index (χ1n) is 8.16. The summed E-state index contributed by atoms with van der Waals surface area (Å²) in [5.74, 6) is 0.781. The topological polar surface area (TPSA) is 59.5 Å². The zero-order valence-corrected chi connectivity index (χ0v) is 16.7. The van der Waals surface area contributed by atoms with Crippen molar-refractivity contribution in [1.29, 1.82) is 0 Å². The zero-order valence-electron chi connectivity index (χ0n) is 14.3. The molecule has 1 aromatic heterocycles. The van der Waals surface area contributed by atoms with Crippen molar-refractivity contribution in [3.05, 3.63) is 65.4 Å². The second-order valence-electron chi connectivity index (χ2n) is 5.82. The minimum absolute atomic E-state index is 0.274. The monoisotopic (exact) mass is 434 g/mol. The van der Waals surface area contributed by atoms with E-state index in [9.17, 15) is 8.42 Å². The number of ether oxygens (including phenoxy) is 1. The highest BCUT2D eigenvalue weighted by Crippen LogP contribution is 2.30. The summed E-state index contributed by atoms with van der Waals surface area (Å²) in [6, 6.07) is 14.7. The van der Waals surface area contributed by atoms with E-state index in [1.807, 2.05) is 36.4 Å². The fourth-order valence-corrected chi connectivity index (χ4v) is 4.79. The Hall–Kier alpha value is -1.96. The Labute approximate surface area is 161 Å². The molecule has 0 N–H and O–H groups in total. The highest BCUT2D eigenvalue weighted by atomic mass is 79.9. The van der Waals surface area contributed by atoms with Crippen LogP contribution in [0.1, 0.15) is 6.42 Å². The van der Waals surface area contributed by atoms with Crippen LogP contribution in [0.15, 0.2) is 70.3 Å². The largest absolute Gasteiger partial charge is 0.494 e. The van der Waals surface area contributed by atoms with Gasteiger partial charge in [-0.15, -0.1) is 0 Å². The summed E-state index contributed by atoms with van der Waals surface area (Å²) >= 11 is 3.41. The molecule has 0 spiro atoms. The molecule has 0 aliphatic heterocycles. The lowest BCUT2D eigenvalue weighted by Crippen LogP contribution is -2.29. The van der Waals surface area contributed by atoms with Crippen LogP contribution in [0.4, 0.5) is 0 Å². The van der Waals surface area contributed by atoms with Crippen molar-refractivity contribution in [2.24, 2.45) is 0 Å². The van der Waals surface area contributed by atoms with E-state index < -0.39 is 10.0 Å². The van der Waals surface area contributed by atoms with Crippen molar-refractivity contribution in [2.45, 2.75) is 11.3 Å². The molecule has 0 bridgehead atoms. The van der Waals surface area contributed by atoms with Crippen LogP contribution in [0.3, 0.4) is 0 Å². The third kappa shape index (κ3) is 4.06. The van der Waals surface area contributed by atoms with Crippen LogP contribution < -0.4 is 4.74 Å². The molecule has 7 heteroatoms. The van der Waals surface area contributed by atoms with Crippen LogP contribution in [0, 0.1) is 0 Å². The number of fused-ring (bicyclic) bond motifs is 1. The fraction of sp³-hybridized carbons (Fsp3) is 0.211. The lowest BCUT2D eigenvalue weighted by Gasteiger charge is -2.19. The van der Waals surface area contributed by atoms with Crippen molar-refractivity contribution in [3.63, 3.8) is 0 Å². The van der Waals surface area contributed by atoms with Crippen molar-refractivity contribution in [1.82, 2.24) is 9.29 Å². The van der Waals surface area contributed by atoms with Crippen LogP contribution in [0.25, 0.3) is 10.8 Å². The molecular formula is C19H19BrN2O3S. The number of sulfonamides is 1. The quantitative estimate of drug-likeness (QED) is 0.525. The molecule has 0 saturated heterocycles. The summed E-state index contributed by atoms with van der Waals surface area (Å²) in [7, 11) is -2.02. The van der Waals surface area contributed by atoms with Crippen molar-refractivity contribution in [2.75, 3.05) is 20.2 Å². The van der Waals surface area contributed by atoms with Crippen LogP contribution in [0.5, 0.6) is 5.75 Å². The number of nitrogens with zero attached hydrogens (tertiary/aromatic N) is 2. The van der Waals surface area contributed by atoms with Gasteiger partial charge in [0.1, 0.15) is 5.75 Å². The van der Waals surface area contributed by atoms with Gasteiger partial charge in [-0.25, -0.2) is 12.7 Å². The van der Waals surface area contributed by atoms with Gasteiger partial charge in [0, 0.05) is 41.2 Å². The number of hydrogen-bond donors (Lipinski definition) is 0.